The van der Waals surface area contributed by atoms with Crippen LogP contribution < -0.4 is 0 Å². The van der Waals surface area contributed by atoms with E-state index in [0.717, 1.165) is 5.92 Å². The second-order valence-electron chi connectivity index (χ2n) is 6.53. The molecule has 3 unspecified atom stereocenters. The Kier molecular flexibility index (Phi) is 2.42. The summed E-state index contributed by atoms with van der Waals surface area (Å²) < 4.78 is 0. The van der Waals surface area contributed by atoms with E-state index in [-0.39, 0.29) is 0 Å². The standard InChI is InChI=1S/C13H24/c1-13(2,3)7-6-10-4-5-11-9-12(11)8-10/h10-12H,4-9H2,1-3H3. The van der Waals surface area contributed by atoms with Crippen LogP contribution >= 0.6 is 0 Å². The van der Waals surface area contributed by atoms with Crippen molar-refractivity contribution in [1.29, 1.82) is 0 Å². The lowest BCUT2D eigenvalue weighted by Crippen LogP contribution is -2.13. The molecule has 76 valence electrons. The third kappa shape index (κ3) is 2.72. The zero-order valence-corrected chi connectivity index (χ0v) is 9.47. The molecule has 0 saturated heterocycles. The zero-order valence-electron chi connectivity index (χ0n) is 9.47. The highest BCUT2D eigenvalue weighted by Crippen LogP contribution is 2.52. The van der Waals surface area contributed by atoms with Gasteiger partial charge in [0.2, 0.25) is 0 Å². The van der Waals surface area contributed by atoms with Crippen LogP contribution in [0.3, 0.4) is 0 Å². The number of hydrogen-bond donors (Lipinski definition) is 0. The summed E-state index contributed by atoms with van der Waals surface area (Å²) in [4.78, 5) is 0. The lowest BCUT2D eigenvalue weighted by Gasteiger charge is -2.25. The second-order valence-corrected chi connectivity index (χ2v) is 6.53. The highest BCUT2D eigenvalue weighted by atomic mass is 14.5. The topological polar surface area (TPSA) is 0 Å². The second kappa shape index (κ2) is 3.29. The molecule has 0 bridgehead atoms. The Morgan fingerprint density at radius 2 is 1.77 bits per heavy atom. The van der Waals surface area contributed by atoms with Gasteiger partial charge in [0, 0.05) is 0 Å². The predicted molar refractivity (Wildman–Crippen MR) is 57.6 cm³/mol. The molecule has 0 heteroatoms. The van der Waals surface area contributed by atoms with Gasteiger partial charge in [-0.2, -0.15) is 0 Å². The Bertz CT molecular complexity index is 175. The molecule has 0 N–H and O–H groups in total. The molecule has 0 radical (unpaired) electrons. The summed E-state index contributed by atoms with van der Waals surface area (Å²) in [5.74, 6) is 3.42. The number of fused-ring (bicyclic) bond motifs is 1. The van der Waals surface area contributed by atoms with Gasteiger partial charge < -0.3 is 0 Å². The summed E-state index contributed by atoms with van der Waals surface area (Å²) in [5.41, 5.74) is 0.556. The van der Waals surface area contributed by atoms with Crippen LogP contribution in [0.2, 0.25) is 0 Å². The minimum Gasteiger partial charge on any atom is -0.0602 e. The van der Waals surface area contributed by atoms with Gasteiger partial charge in [-0.1, -0.05) is 27.2 Å². The van der Waals surface area contributed by atoms with Gasteiger partial charge in [-0.05, 0) is 55.3 Å². The van der Waals surface area contributed by atoms with E-state index in [0.29, 0.717) is 5.41 Å². The molecule has 2 fully saturated rings. The molecule has 2 saturated carbocycles. The largest absolute Gasteiger partial charge is 0.0602 e. The molecule has 2 aliphatic rings. The van der Waals surface area contributed by atoms with Gasteiger partial charge in [0.15, 0.2) is 0 Å². The van der Waals surface area contributed by atoms with Gasteiger partial charge >= 0.3 is 0 Å². The van der Waals surface area contributed by atoms with Crippen LogP contribution in [0.25, 0.3) is 0 Å². The highest BCUT2D eigenvalue weighted by Gasteiger charge is 2.41. The minimum absolute atomic E-state index is 0.556. The molecule has 2 rings (SSSR count). The van der Waals surface area contributed by atoms with Gasteiger partial charge in [-0.3, -0.25) is 0 Å². The first-order chi connectivity index (χ1) is 6.04. The van der Waals surface area contributed by atoms with Crippen LogP contribution in [0, 0.1) is 23.2 Å². The van der Waals surface area contributed by atoms with E-state index in [1.165, 1.54) is 31.1 Å². The third-order valence-electron chi connectivity index (χ3n) is 3.95. The number of rotatable bonds is 2. The van der Waals surface area contributed by atoms with E-state index in [2.05, 4.69) is 20.8 Å². The summed E-state index contributed by atoms with van der Waals surface area (Å²) >= 11 is 0. The Morgan fingerprint density at radius 3 is 2.38 bits per heavy atom. The van der Waals surface area contributed by atoms with Crippen molar-refractivity contribution in [2.45, 2.75) is 59.3 Å². The van der Waals surface area contributed by atoms with Crippen LogP contribution in [-0.4, -0.2) is 0 Å². The maximum Gasteiger partial charge on any atom is -0.0380 e. The van der Waals surface area contributed by atoms with Crippen molar-refractivity contribution < 1.29 is 0 Å². The Hall–Kier alpha value is 0. The SMILES string of the molecule is CC(C)(C)CCC1CCC2CC2C1. The summed E-state index contributed by atoms with van der Waals surface area (Å²) in [5, 5.41) is 0. The fourth-order valence-corrected chi connectivity index (χ4v) is 2.85. The Morgan fingerprint density at radius 1 is 1.00 bits per heavy atom. The van der Waals surface area contributed by atoms with E-state index < -0.39 is 0 Å². The molecule has 0 aliphatic heterocycles. The minimum atomic E-state index is 0.556. The van der Waals surface area contributed by atoms with Crippen molar-refractivity contribution in [3.63, 3.8) is 0 Å². The molecule has 0 amide bonds. The van der Waals surface area contributed by atoms with E-state index in [9.17, 15) is 0 Å². The highest BCUT2D eigenvalue weighted by molar-refractivity contribution is 4.92. The maximum atomic E-state index is 2.37. The van der Waals surface area contributed by atoms with Crippen LogP contribution in [0.1, 0.15) is 59.3 Å². The first kappa shape index (κ1) is 9.55. The zero-order chi connectivity index (χ0) is 9.47. The van der Waals surface area contributed by atoms with Gasteiger partial charge in [-0.25, -0.2) is 0 Å². The van der Waals surface area contributed by atoms with Gasteiger partial charge in [0.25, 0.3) is 0 Å². The van der Waals surface area contributed by atoms with Gasteiger partial charge in [0.05, 0.1) is 0 Å². The van der Waals surface area contributed by atoms with E-state index in [1.54, 1.807) is 19.3 Å². The van der Waals surface area contributed by atoms with E-state index in [4.69, 9.17) is 0 Å². The first-order valence-electron chi connectivity index (χ1n) is 6.04. The smallest absolute Gasteiger partial charge is 0.0380 e. The summed E-state index contributed by atoms with van der Waals surface area (Å²) in [6.45, 7) is 7.11. The van der Waals surface area contributed by atoms with E-state index in [1.807, 2.05) is 0 Å². The van der Waals surface area contributed by atoms with Gasteiger partial charge in [0.1, 0.15) is 0 Å². The van der Waals surface area contributed by atoms with Crippen molar-refractivity contribution in [2.75, 3.05) is 0 Å². The van der Waals surface area contributed by atoms with Crippen molar-refractivity contribution in [2.24, 2.45) is 23.2 Å². The average molecular weight is 180 g/mol. The molecule has 3 atom stereocenters. The molecule has 0 heterocycles. The van der Waals surface area contributed by atoms with Crippen molar-refractivity contribution in [3.05, 3.63) is 0 Å². The van der Waals surface area contributed by atoms with Crippen LogP contribution in [-0.2, 0) is 0 Å². The third-order valence-corrected chi connectivity index (χ3v) is 3.95. The van der Waals surface area contributed by atoms with Crippen molar-refractivity contribution in [3.8, 4) is 0 Å². The molecular formula is C13H24. The maximum absolute atomic E-state index is 2.37. The molecular weight excluding hydrogens is 156 g/mol. The Balaban J connectivity index is 1.70. The predicted octanol–water partition coefficient (Wildman–Crippen LogP) is 4.25. The average Bonchev–Trinajstić information content (AvgIpc) is 2.76. The fourth-order valence-electron chi connectivity index (χ4n) is 2.85. The summed E-state index contributed by atoms with van der Waals surface area (Å²) in [7, 11) is 0. The number of hydrogen-bond acceptors (Lipinski definition) is 0. The molecule has 13 heavy (non-hydrogen) atoms. The normalized spacial score (nSPS) is 38.5. The van der Waals surface area contributed by atoms with Crippen LogP contribution in [0.5, 0.6) is 0 Å². The monoisotopic (exact) mass is 180 g/mol. The fraction of sp³-hybridized carbons (Fsp3) is 1.00. The summed E-state index contributed by atoms with van der Waals surface area (Å²) in [6, 6.07) is 0. The molecule has 0 spiro atoms. The van der Waals surface area contributed by atoms with Crippen LogP contribution in [0.4, 0.5) is 0 Å². The molecule has 0 aromatic carbocycles. The lowest BCUT2D eigenvalue weighted by molar-refractivity contribution is 0.267. The molecule has 0 aromatic heterocycles. The van der Waals surface area contributed by atoms with Gasteiger partial charge in [-0.15, -0.1) is 0 Å². The summed E-state index contributed by atoms with van der Waals surface area (Å²) in [6.07, 6.45) is 9.16. The quantitative estimate of drug-likeness (QED) is 0.596. The van der Waals surface area contributed by atoms with E-state index >= 15 is 0 Å². The van der Waals surface area contributed by atoms with Crippen LogP contribution in [0.15, 0.2) is 0 Å². The lowest BCUT2D eigenvalue weighted by atomic mass is 9.81. The van der Waals surface area contributed by atoms with Crippen molar-refractivity contribution in [1.82, 2.24) is 0 Å². The molecule has 0 aromatic rings. The van der Waals surface area contributed by atoms with Crippen molar-refractivity contribution >= 4 is 0 Å². The Labute approximate surface area is 83.1 Å². The molecule has 2 aliphatic carbocycles. The first-order valence-corrected chi connectivity index (χ1v) is 6.04. The molecule has 0 nitrogen and oxygen atoms in total.